The summed E-state index contributed by atoms with van der Waals surface area (Å²) in [5, 5.41) is 10.5. The van der Waals surface area contributed by atoms with Crippen LogP contribution in [0.3, 0.4) is 0 Å². The number of rotatable bonds is 10. The van der Waals surface area contributed by atoms with Crippen LogP contribution in [0.25, 0.3) is 0 Å². The van der Waals surface area contributed by atoms with Crippen molar-refractivity contribution in [3.63, 3.8) is 0 Å². The molecule has 9 saturated carbocycles. The molecule has 10 rings (SSSR count). The van der Waals surface area contributed by atoms with Gasteiger partial charge in [-0.2, -0.15) is 0 Å². The molecule has 3 unspecified atom stereocenters. The summed E-state index contributed by atoms with van der Waals surface area (Å²) in [5.41, 5.74) is 0.479. The molecular weight excluding hydrogens is 765 g/mol. The van der Waals surface area contributed by atoms with E-state index in [1.165, 1.54) is 58.3 Å². The highest BCUT2D eigenvalue weighted by Crippen LogP contribution is 2.61. The molecule has 0 aromatic carbocycles. The van der Waals surface area contributed by atoms with Gasteiger partial charge in [-0.25, -0.2) is 24.0 Å². The van der Waals surface area contributed by atoms with E-state index < -0.39 is 29.2 Å². The minimum Gasteiger partial charge on any atom is -0.463 e. The maximum absolute atomic E-state index is 12.0. The first kappa shape index (κ1) is 47.3. The lowest BCUT2D eigenvalue weighted by molar-refractivity contribution is -0.217. The zero-order valence-corrected chi connectivity index (χ0v) is 37.3. The molecule has 3 atom stereocenters. The Kier molecular flexibility index (Phi) is 15.1. The predicted molar refractivity (Wildman–Crippen MR) is 227 cm³/mol. The van der Waals surface area contributed by atoms with E-state index in [0.29, 0.717) is 59.8 Å². The van der Waals surface area contributed by atoms with Gasteiger partial charge >= 0.3 is 29.8 Å². The average Bonchev–Trinajstić information content (AvgIpc) is 3.80. The number of ether oxygens (including phenoxy) is 5. The zero-order chi connectivity index (χ0) is 44.2. The van der Waals surface area contributed by atoms with Crippen LogP contribution in [0.2, 0.25) is 0 Å². The highest BCUT2D eigenvalue weighted by Gasteiger charge is 2.60. The van der Waals surface area contributed by atoms with Gasteiger partial charge in [0.25, 0.3) is 0 Å². The molecule has 9 aliphatic carbocycles. The summed E-state index contributed by atoms with van der Waals surface area (Å²) in [6, 6.07) is 0. The van der Waals surface area contributed by atoms with E-state index in [1.54, 1.807) is 20.8 Å². The van der Waals surface area contributed by atoms with Crippen molar-refractivity contribution < 1.29 is 52.8 Å². The minimum absolute atomic E-state index is 0.163. The number of hydrogen-bond donors (Lipinski definition) is 1. The van der Waals surface area contributed by atoms with Crippen LogP contribution in [0.1, 0.15) is 157 Å². The quantitative estimate of drug-likeness (QED) is 0.127. The average molecular weight is 837 g/mol. The summed E-state index contributed by atoms with van der Waals surface area (Å²) in [4.78, 5) is 56.8. The molecule has 1 saturated heterocycles. The molecule has 10 aliphatic rings. The zero-order valence-electron chi connectivity index (χ0n) is 37.3. The first-order valence-corrected chi connectivity index (χ1v) is 22.6. The topological polar surface area (TPSA) is 152 Å². The lowest BCUT2D eigenvalue weighted by Gasteiger charge is -2.60. The fourth-order valence-corrected chi connectivity index (χ4v) is 12.2. The Morgan fingerprint density at radius 3 is 1.53 bits per heavy atom. The predicted octanol–water partition coefficient (Wildman–Crippen LogP) is 9.15. The largest absolute Gasteiger partial charge is 0.463 e. The highest BCUT2D eigenvalue weighted by molar-refractivity contribution is 5.90. The first-order chi connectivity index (χ1) is 28.1. The van der Waals surface area contributed by atoms with Crippen LogP contribution in [0.15, 0.2) is 48.6 Å². The van der Waals surface area contributed by atoms with E-state index in [-0.39, 0.29) is 34.7 Å². The number of carbonyl (C=O) groups excluding carboxylic acids is 5. The van der Waals surface area contributed by atoms with Crippen molar-refractivity contribution in [1.29, 1.82) is 0 Å². The maximum Gasteiger partial charge on any atom is 0.347 e. The van der Waals surface area contributed by atoms with E-state index >= 15 is 0 Å². The van der Waals surface area contributed by atoms with Gasteiger partial charge in [0.05, 0.1) is 12.2 Å². The number of carbonyl (C=O) groups is 5. The molecule has 0 aromatic rings. The van der Waals surface area contributed by atoms with Crippen molar-refractivity contribution in [2.45, 2.75) is 186 Å². The Morgan fingerprint density at radius 2 is 1.12 bits per heavy atom. The summed E-state index contributed by atoms with van der Waals surface area (Å²) in [5.74, 6) is 2.42. The molecule has 1 N–H and O–H groups in total. The number of aliphatic hydroxyl groups is 1. The molecule has 334 valence electrons. The molecule has 11 nitrogen and oxygen atoms in total. The van der Waals surface area contributed by atoms with Crippen LogP contribution in [0.5, 0.6) is 0 Å². The van der Waals surface area contributed by atoms with E-state index in [9.17, 15) is 29.1 Å². The van der Waals surface area contributed by atoms with Crippen molar-refractivity contribution in [1.82, 2.24) is 0 Å². The molecule has 10 fully saturated rings. The van der Waals surface area contributed by atoms with Gasteiger partial charge in [-0.1, -0.05) is 40.2 Å². The molecule has 0 amide bonds. The smallest absolute Gasteiger partial charge is 0.347 e. The third kappa shape index (κ3) is 11.0. The summed E-state index contributed by atoms with van der Waals surface area (Å²) in [7, 11) is 0. The number of esters is 5. The van der Waals surface area contributed by atoms with E-state index in [4.69, 9.17) is 18.9 Å². The van der Waals surface area contributed by atoms with Gasteiger partial charge in [0.2, 0.25) is 6.10 Å². The molecule has 0 aromatic heterocycles. The van der Waals surface area contributed by atoms with Crippen LogP contribution in [0, 0.1) is 35.5 Å². The molecular formula is C49H72O11. The SMILES string of the molecule is C=C(C)C(=O)OC1(CC)C2CC3CC(C2)CC1C3.C=C(C)C(=O)OC1(CC)CCCC1.C=C(C)C(=O)OC12CC3CC(CC(O)(C3)C1)C2.C=C(C)C(=O)OC1CCOC1=O. The molecule has 0 radical (unpaired) electrons. The monoisotopic (exact) mass is 837 g/mol. The van der Waals surface area contributed by atoms with Crippen molar-refractivity contribution in [3.8, 4) is 0 Å². The molecule has 11 heteroatoms. The minimum atomic E-state index is -0.728. The fraction of sp³-hybridized carbons (Fsp3) is 0.735. The van der Waals surface area contributed by atoms with Crippen molar-refractivity contribution in [2.24, 2.45) is 35.5 Å². The Bertz CT molecular complexity index is 1660. The van der Waals surface area contributed by atoms with Crippen molar-refractivity contribution >= 4 is 29.8 Å². The van der Waals surface area contributed by atoms with Gasteiger partial charge in [-0.05, 0) is 166 Å². The lowest BCUT2D eigenvalue weighted by Crippen LogP contribution is -2.60. The highest BCUT2D eigenvalue weighted by atomic mass is 16.6. The number of cyclic esters (lactones) is 1. The van der Waals surface area contributed by atoms with Crippen LogP contribution in [-0.2, 0) is 47.7 Å². The summed E-state index contributed by atoms with van der Waals surface area (Å²) in [6.45, 7) is 25.6. The summed E-state index contributed by atoms with van der Waals surface area (Å²) in [6.07, 6.45) is 18.1. The fourth-order valence-electron chi connectivity index (χ4n) is 12.2. The summed E-state index contributed by atoms with van der Waals surface area (Å²) >= 11 is 0. The Labute approximate surface area is 358 Å². The van der Waals surface area contributed by atoms with E-state index in [1.807, 2.05) is 0 Å². The normalized spacial score (nSPS) is 35.5. The van der Waals surface area contributed by atoms with E-state index in [0.717, 1.165) is 63.2 Å². The second kappa shape index (κ2) is 19.1. The molecule has 0 spiro atoms. The number of hydrogen-bond acceptors (Lipinski definition) is 11. The maximum atomic E-state index is 12.0. The van der Waals surface area contributed by atoms with Crippen LogP contribution < -0.4 is 0 Å². The van der Waals surface area contributed by atoms with Crippen LogP contribution in [-0.4, -0.2) is 70.1 Å². The second-order valence-corrected chi connectivity index (χ2v) is 19.9. The first-order valence-electron chi connectivity index (χ1n) is 22.6. The third-order valence-corrected chi connectivity index (χ3v) is 14.6. The lowest BCUT2D eigenvalue weighted by atomic mass is 9.49. The second-order valence-electron chi connectivity index (χ2n) is 19.9. The van der Waals surface area contributed by atoms with Gasteiger partial charge in [-0.3, -0.25) is 0 Å². The Balaban J connectivity index is 0.000000154. The van der Waals surface area contributed by atoms with Gasteiger partial charge in [0, 0.05) is 35.1 Å². The summed E-state index contributed by atoms with van der Waals surface area (Å²) < 4.78 is 26.5. The van der Waals surface area contributed by atoms with Gasteiger partial charge < -0.3 is 28.8 Å². The Morgan fingerprint density at radius 1 is 0.650 bits per heavy atom. The van der Waals surface area contributed by atoms with Gasteiger partial charge in [-0.15, -0.1) is 0 Å². The van der Waals surface area contributed by atoms with Gasteiger partial charge in [0.1, 0.15) is 16.8 Å². The van der Waals surface area contributed by atoms with Crippen LogP contribution >= 0.6 is 0 Å². The molecule has 60 heavy (non-hydrogen) atoms. The van der Waals surface area contributed by atoms with Crippen molar-refractivity contribution in [3.05, 3.63) is 48.6 Å². The third-order valence-electron chi connectivity index (χ3n) is 14.6. The Hall–Kier alpha value is -3.73. The van der Waals surface area contributed by atoms with E-state index in [2.05, 4.69) is 44.9 Å². The molecule has 1 heterocycles. The van der Waals surface area contributed by atoms with Crippen LogP contribution in [0.4, 0.5) is 0 Å². The van der Waals surface area contributed by atoms with Gasteiger partial charge in [0.15, 0.2) is 0 Å². The standard InChI is InChI=1S/C16H24O2.C14H20O3.C11H18O2.C8H10O4/c1-4-16(18-15(17)10(2)3)13-6-11-5-12(8-13)9-14(16)7-11;1-9(2)12(15)17-14-6-10-3-11(7-14)5-13(16,4-10)8-14;1-4-11(7-5-6-8-11)13-10(12)9(2)3;1-5(2)7(9)12-6-3-4-11-8(6)10/h11-14H,2,4-9H2,1,3H3;10-11,16H,1,3-8H2,2H3;2,4-8H2,1,3H3;6H,1,3-4H2,2H3. The molecule has 8 bridgehead atoms. The molecule has 1 aliphatic heterocycles. The van der Waals surface area contributed by atoms with Crippen molar-refractivity contribution in [2.75, 3.05) is 6.61 Å².